The van der Waals surface area contributed by atoms with E-state index in [1.165, 1.54) is 0 Å². The monoisotopic (exact) mass is 318 g/mol. The van der Waals surface area contributed by atoms with E-state index < -0.39 is 22.6 Å². The van der Waals surface area contributed by atoms with E-state index in [0.717, 1.165) is 18.4 Å². The third kappa shape index (κ3) is 1.97. The molecule has 1 saturated carbocycles. The van der Waals surface area contributed by atoms with Gasteiger partial charge in [0.1, 0.15) is 5.75 Å². The normalized spacial score (nSPS) is 32.2. The average molecular weight is 318 g/mol. The maximum atomic E-state index is 12.6. The largest absolute Gasteiger partial charge is 0.508 e. The highest BCUT2D eigenvalue weighted by Gasteiger charge is 2.65. The number of ether oxygens (including phenoxy) is 1. The molecule has 0 amide bonds. The topological polar surface area (TPSA) is 66.8 Å². The molecule has 0 bridgehead atoms. The number of hydrogen-bond acceptors (Lipinski definition) is 4. The summed E-state index contributed by atoms with van der Waals surface area (Å²) in [5.74, 6) is -1.78. The van der Waals surface area contributed by atoms with Gasteiger partial charge in [0.25, 0.3) is 0 Å². The molecule has 126 valence electrons. The van der Waals surface area contributed by atoms with Gasteiger partial charge in [0.05, 0.1) is 11.0 Å². The van der Waals surface area contributed by atoms with E-state index in [-0.39, 0.29) is 11.7 Å². The number of carbonyl (C=O) groups excluding carboxylic acids is 1. The molecule has 0 unspecified atom stereocenters. The van der Waals surface area contributed by atoms with Crippen molar-refractivity contribution in [2.24, 2.45) is 5.41 Å². The molecule has 4 heteroatoms. The number of rotatable bonds is 1. The van der Waals surface area contributed by atoms with Crippen molar-refractivity contribution in [3.05, 3.63) is 28.8 Å². The fourth-order valence-electron chi connectivity index (χ4n) is 4.42. The van der Waals surface area contributed by atoms with E-state index >= 15 is 0 Å². The molecule has 0 spiro atoms. The molecule has 1 aromatic rings. The first-order valence-electron chi connectivity index (χ1n) is 8.36. The van der Waals surface area contributed by atoms with Crippen LogP contribution in [0.3, 0.4) is 0 Å². The van der Waals surface area contributed by atoms with Crippen molar-refractivity contribution in [1.82, 2.24) is 0 Å². The predicted molar refractivity (Wildman–Crippen MR) is 87.5 cm³/mol. The number of fused-ring (bicyclic) bond motifs is 3. The minimum absolute atomic E-state index is 0.101. The van der Waals surface area contributed by atoms with E-state index in [9.17, 15) is 15.0 Å². The molecular weight excluding hydrogens is 292 g/mol. The summed E-state index contributed by atoms with van der Waals surface area (Å²) < 4.78 is 5.63. The number of hydrogen-bond donors (Lipinski definition) is 2. The Balaban J connectivity index is 2.27. The Morgan fingerprint density at radius 1 is 1.17 bits per heavy atom. The highest BCUT2D eigenvalue weighted by Crippen LogP contribution is 2.59. The van der Waals surface area contributed by atoms with Crippen LogP contribution in [-0.2, 0) is 10.2 Å². The second-order valence-electron chi connectivity index (χ2n) is 8.21. The number of phenolic OH excluding ortho intramolecular Hbond substituents is 1. The predicted octanol–water partition coefficient (Wildman–Crippen LogP) is 3.84. The first kappa shape index (κ1) is 16.3. The summed E-state index contributed by atoms with van der Waals surface area (Å²) in [5, 5.41) is 21.7. The van der Waals surface area contributed by atoms with Gasteiger partial charge in [0, 0.05) is 5.41 Å². The van der Waals surface area contributed by atoms with Crippen LogP contribution in [0.25, 0.3) is 0 Å². The smallest absolute Gasteiger partial charge is 0.341 e. The molecule has 23 heavy (non-hydrogen) atoms. The van der Waals surface area contributed by atoms with Crippen molar-refractivity contribution >= 4 is 5.97 Å². The van der Waals surface area contributed by atoms with Crippen molar-refractivity contribution in [1.29, 1.82) is 0 Å². The molecule has 0 aromatic heterocycles. The Kier molecular flexibility index (Phi) is 3.35. The zero-order valence-corrected chi connectivity index (χ0v) is 14.6. The summed E-state index contributed by atoms with van der Waals surface area (Å²) in [5.41, 5.74) is 0.636. The molecule has 3 rings (SSSR count). The van der Waals surface area contributed by atoms with E-state index in [4.69, 9.17) is 4.74 Å². The third-order valence-electron chi connectivity index (χ3n) is 5.99. The fourth-order valence-corrected chi connectivity index (χ4v) is 4.42. The molecule has 1 aliphatic carbocycles. The summed E-state index contributed by atoms with van der Waals surface area (Å²) in [6, 6.07) is 3.39. The Hall–Kier alpha value is -1.55. The number of benzene rings is 1. The molecule has 1 aliphatic heterocycles. The molecular formula is C19H26O4. The molecule has 1 heterocycles. The maximum absolute atomic E-state index is 12.6. The minimum atomic E-state index is -1.56. The van der Waals surface area contributed by atoms with Gasteiger partial charge in [-0.15, -0.1) is 0 Å². The van der Waals surface area contributed by atoms with Crippen molar-refractivity contribution in [2.75, 3.05) is 0 Å². The van der Waals surface area contributed by atoms with Gasteiger partial charge in [-0.3, -0.25) is 0 Å². The standard InChI is InChI=1S/C19H26O4/c1-11(2)12-9-13-14(10-15(12)20)18(5)8-6-7-17(3,4)19(18,22)23-16(13)21/h9-11,20,22H,6-8H2,1-5H3/t18-,19+/m1/s1. The lowest BCUT2D eigenvalue weighted by molar-refractivity contribution is -0.292. The van der Waals surface area contributed by atoms with Gasteiger partial charge >= 0.3 is 5.97 Å². The van der Waals surface area contributed by atoms with Gasteiger partial charge < -0.3 is 14.9 Å². The van der Waals surface area contributed by atoms with Crippen LogP contribution in [0.1, 0.15) is 81.3 Å². The third-order valence-corrected chi connectivity index (χ3v) is 5.99. The molecule has 0 radical (unpaired) electrons. The summed E-state index contributed by atoms with van der Waals surface area (Å²) in [6.45, 7) is 9.75. The van der Waals surface area contributed by atoms with Crippen LogP contribution in [0.2, 0.25) is 0 Å². The van der Waals surface area contributed by atoms with Gasteiger partial charge in [0.2, 0.25) is 5.79 Å². The first-order chi connectivity index (χ1) is 10.5. The Bertz CT molecular complexity index is 676. The molecule has 2 N–H and O–H groups in total. The van der Waals surface area contributed by atoms with E-state index in [1.807, 2.05) is 34.6 Å². The molecule has 2 aliphatic rings. The lowest BCUT2D eigenvalue weighted by atomic mass is 9.55. The minimum Gasteiger partial charge on any atom is -0.508 e. The Morgan fingerprint density at radius 3 is 2.43 bits per heavy atom. The first-order valence-corrected chi connectivity index (χ1v) is 8.36. The zero-order valence-electron chi connectivity index (χ0n) is 14.6. The summed E-state index contributed by atoms with van der Waals surface area (Å²) in [4.78, 5) is 12.6. The van der Waals surface area contributed by atoms with Gasteiger partial charge in [-0.1, -0.05) is 34.1 Å². The van der Waals surface area contributed by atoms with Crippen molar-refractivity contribution in [2.45, 2.75) is 71.0 Å². The van der Waals surface area contributed by atoms with Crippen LogP contribution < -0.4 is 0 Å². The molecule has 4 nitrogen and oxygen atoms in total. The van der Waals surface area contributed by atoms with Gasteiger partial charge in [0.15, 0.2) is 0 Å². The van der Waals surface area contributed by atoms with Gasteiger partial charge in [-0.2, -0.15) is 0 Å². The van der Waals surface area contributed by atoms with Gasteiger partial charge in [-0.05, 0) is 48.9 Å². The van der Waals surface area contributed by atoms with E-state index in [0.29, 0.717) is 17.5 Å². The molecule has 0 saturated heterocycles. The number of aliphatic hydroxyl groups is 1. The highest BCUT2D eigenvalue weighted by molar-refractivity contribution is 5.94. The lowest BCUT2D eigenvalue weighted by Crippen LogP contribution is -2.66. The van der Waals surface area contributed by atoms with Crippen molar-refractivity contribution in [3.63, 3.8) is 0 Å². The maximum Gasteiger partial charge on any atom is 0.341 e. The zero-order chi connectivity index (χ0) is 17.2. The van der Waals surface area contributed by atoms with Gasteiger partial charge in [-0.25, -0.2) is 4.79 Å². The van der Waals surface area contributed by atoms with Crippen LogP contribution in [0, 0.1) is 5.41 Å². The van der Waals surface area contributed by atoms with Crippen molar-refractivity contribution < 1.29 is 19.7 Å². The van der Waals surface area contributed by atoms with E-state index in [2.05, 4.69) is 0 Å². The number of esters is 1. The Morgan fingerprint density at radius 2 is 1.83 bits per heavy atom. The molecule has 2 atom stereocenters. The molecule has 1 aromatic carbocycles. The summed E-state index contributed by atoms with van der Waals surface area (Å²) >= 11 is 0. The fraction of sp³-hybridized carbons (Fsp3) is 0.632. The highest BCUT2D eigenvalue weighted by atomic mass is 16.7. The van der Waals surface area contributed by atoms with Crippen LogP contribution in [0.4, 0.5) is 0 Å². The van der Waals surface area contributed by atoms with Crippen LogP contribution >= 0.6 is 0 Å². The summed E-state index contributed by atoms with van der Waals surface area (Å²) in [7, 11) is 0. The quantitative estimate of drug-likeness (QED) is 0.772. The number of carbonyl (C=O) groups is 1. The second kappa shape index (κ2) is 4.73. The molecule has 1 fully saturated rings. The van der Waals surface area contributed by atoms with Crippen LogP contribution in [0.15, 0.2) is 12.1 Å². The SMILES string of the molecule is CC(C)c1cc2c(cc1O)[C@@]1(C)CCCC(C)(C)[C@]1(O)OC2=O. The van der Waals surface area contributed by atoms with Crippen molar-refractivity contribution in [3.8, 4) is 5.75 Å². The van der Waals surface area contributed by atoms with Crippen LogP contribution in [0.5, 0.6) is 5.75 Å². The lowest BCUT2D eigenvalue weighted by Gasteiger charge is -2.58. The average Bonchev–Trinajstić information content (AvgIpc) is 2.43. The number of phenols is 1. The Labute approximate surface area is 137 Å². The van der Waals surface area contributed by atoms with E-state index in [1.54, 1.807) is 12.1 Å². The van der Waals surface area contributed by atoms with Crippen LogP contribution in [-0.4, -0.2) is 22.0 Å². The second-order valence-corrected chi connectivity index (χ2v) is 8.21. The number of aromatic hydroxyl groups is 1. The summed E-state index contributed by atoms with van der Waals surface area (Å²) in [6.07, 6.45) is 2.45.